The average Bonchev–Trinajstić information content (AvgIpc) is 3.60. The zero-order chi connectivity index (χ0) is 39.2. The summed E-state index contributed by atoms with van der Waals surface area (Å²) in [5.74, 6) is -2.68. The normalized spacial score (nSPS) is 17.8. The SMILES string of the molecule is CC(=O)NC[C@@H]1CN(c2ccc(-c3ccc(N4C[C@H](CNC(=O)C(CNC(=O)OC(C)(C)C)NC(=O)OC(C)(C)C)OC4=O)cc3F)c(F)c2)C(=O)O1. The van der Waals surface area contributed by atoms with Gasteiger partial charge in [0.15, 0.2) is 0 Å². The molecule has 2 aliphatic rings. The number of rotatable bonds is 11. The van der Waals surface area contributed by atoms with E-state index in [1.807, 2.05) is 0 Å². The van der Waals surface area contributed by atoms with Gasteiger partial charge in [-0.15, -0.1) is 0 Å². The molecular formula is C35H44F2N6O10. The number of alkyl carbamates (subject to hydrolysis) is 2. The van der Waals surface area contributed by atoms with Crippen LogP contribution in [0.25, 0.3) is 11.1 Å². The monoisotopic (exact) mass is 746 g/mol. The van der Waals surface area contributed by atoms with Gasteiger partial charge < -0.3 is 40.2 Å². The van der Waals surface area contributed by atoms with E-state index in [0.29, 0.717) is 0 Å². The van der Waals surface area contributed by atoms with Crippen LogP contribution in [0.1, 0.15) is 48.5 Å². The number of nitrogens with one attached hydrogen (secondary N) is 4. The number of ether oxygens (including phenoxy) is 4. The molecule has 2 heterocycles. The van der Waals surface area contributed by atoms with Gasteiger partial charge in [-0.1, -0.05) is 0 Å². The molecule has 1 unspecified atom stereocenters. The van der Waals surface area contributed by atoms with Crippen LogP contribution in [0.4, 0.5) is 39.3 Å². The van der Waals surface area contributed by atoms with Gasteiger partial charge >= 0.3 is 24.4 Å². The Bertz CT molecular complexity index is 1740. The van der Waals surface area contributed by atoms with Gasteiger partial charge in [0, 0.05) is 18.1 Å². The Morgan fingerprint density at radius 1 is 0.755 bits per heavy atom. The van der Waals surface area contributed by atoms with Crippen LogP contribution in [0.5, 0.6) is 0 Å². The first-order chi connectivity index (χ1) is 24.7. The maximum atomic E-state index is 15.4. The van der Waals surface area contributed by atoms with E-state index in [9.17, 15) is 28.8 Å². The van der Waals surface area contributed by atoms with Crippen LogP contribution >= 0.6 is 0 Å². The number of benzene rings is 2. The molecule has 3 atom stereocenters. The van der Waals surface area contributed by atoms with Gasteiger partial charge in [-0.3, -0.25) is 19.4 Å². The highest BCUT2D eigenvalue weighted by Gasteiger charge is 2.35. The van der Waals surface area contributed by atoms with Gasteiger partial charge in [-0.2, -0.15) is 0 Å². The number of halogens is 2. The van der Waals surface area contributed by atoms with Crippen LogP contribution in [-0.2, 0) is 28.5 Å². The zero-order valence-electron chi connectivity index (χ0n) is 30.5. The maximum absolute atomic E-state index is 15.4. The molecule has 2 aromatic carbocycles. The summed E-state index contributed by atoms with van der Waals surface area (Å²) < 4.78 is 51.7. The van der Waals surface area contributed by atoms with Crippen LogP contribution in [0, 0.1) is 11.6 Å². The number of carbonyl (C=O) groups excluding carboxylic acids is 6. The Morgan fingerprint density at radius 2 is 1.21 bits per heavy atom. The van der Waals surface area contributed by atoms with Crippen LogP contribution < -0.4 is 31.1 Å². The summed E-state index contributed by atoms with van der Waals surface area (Å²) in [6.07, 6.45) is -4.77. The first-order valence-electron chi connectivity index (χ1n) is 16.7. The third-order valence-corrected chi connectivity index (χ3v) is 7.51. The second-order valence-corrected chi connectivity index (χ2v) is 14.3. The molecule has 53 heavy (non-hydrogen) atoms. The smallest absolute Gasteiger partial charge is 0.414 e. The summed E-state index contributed by atoms with van der Waals surface area (Å²) in [4.78, 5) is 76.3. The van der Waals surface area contributed by atoms with Crippen molar-refractivity contribution in [3.05, 3.63) is 48.0 Å². The maximum Gasteiger partial charge on any atom is 0.414 e. The van der Waals surface area contributed by atoms with Crippen molar-refractivity contribution in [2.75, 3.05) is 42.5 Å². The Labute approximate surface area is 304 Å². The van der Waals surface area contributed by atoms with Crippen molar-refractivity contribution in [2.24, 2.45) is 0 Å². The molecule has 0 spiro atoms. The first kappa shape index (κ1) is 40.1. The van der Waals surface area contributed by atoms with E-state index < -0.39 is 71.4 Å². The van der Waals surface area contributed by atoms with Gasteiger partial charge in [-0.05, 0) is 77.9 Å². The number of nitrogens with zero attached hydrogens (tertiary/aromatic N) is 2. The molecule has 16 nitrogen and oxygen atoms in total. The van der Waals surface area contributed by atoms with Gasteiger partial charge in [0.1, 0.15) is 41.1 Å². The lowest BCUT2D eigenvalue weighted by atomic mass is 10.0. The Morgan fingerprint density at radius 3 is 1.64 bits per heavy atom. The van der Waals surface area contributed by atoms with Crippen LogP contribution in [0.2, 0.25) is 0 Å². The standard InChI is InChI=1S/C35H44F2N6O10/c1-19(44)38-14-22-17-42(32(48)50-22)20-8-10-24(26(36)12-20)25-11-9-21(13-27(25)37)43-18-23(51-33(43)49)15-39-29(45)28(41-31(47)53-35(5,6)7)16-40-30(46)52-34(2,3)4/h8-13,22-23,28H,14-18H2,1-7H3,(H,38,44)(H,39,45)(H,40,46)(H,41,47)/t22-,23+,28?/m1/s1. The van der Waals surface area contributed by atoms with Crippen LogP contribution in [0.3, 0.4) is 0 Å². The quantitative estimate of drug-likeness (QED) is 0.245. The largest absolute Gasteiger partial charge is 0.444 e. The van der Waals surface area contributed by atoms with Crippen LogP contribution in [0.15, 0.2) is 36.4 Å². The van der Waals surface area contributed by atoms with Crippen molar-refractivity contribution >= 4 is 47.6 Å². The third-order valence-electron chi connectivity index (χ3n) is 7.51. The van der Waals surface area contributed by atoms with Crippen molar-refractivity contribution in [3.63, 3.8) is 0 Å². The van der Waals surface area contributed by atoms with Crippen molar-refractivity contribution < 1.29 is 56.5 Å². The van der Waals surface area contributed by atoms with E-state index in [2.05, 4.69) is 21.3 Å². The van der Waals surface area contributed by atoms with Crippen molar-refractivity contribution in [3.8, 4) is 11.1 Å². The zero-order valence-corrected chi connectivity index (χ0v) is 30.5. The molecule has 2 fully saturated rings. The fourth-order valence-corrected chi connectivity index (χ4v) is 5.21. The molecule has 0 aliphatic carbocycles. The van der Waals surface area contributed by atoms with Crippen molar-refractivity contribution in [1.82, 2.24) is 21.3 Å². The van der Waals surface area contributed by atoms with E-state index in [4.69, 9.17) is 18.9 Å². The van der Waals surface area contributed by atoms with Gasteiger partial charge in [0.2, 0.25) is 11.8 Å². The minimum Gasteiger partial charge on any atom is -0.444 e. The molecule has 4 N–H and O–H groups in total. The lowest BCUT2D eigenvalue weighted by molar-refractivity contribution is -0.123. The van der Waals surface area contributed by atoms with Crippen molar-refractivity contribution in [1.29, 1.82) is 0 Å². The minimum atomic E-state index is -1.29. The van der Waals surface area contributed by atoms with E-state index in [0.717, 1.165) is 17.0 Å². The summed E-state index contributed by atoms with van der Waals surface area (Å²) >= 11 is 0. The third kappa shape index (κ3) is 11.4. The average molecular weight is 747 g/mol. The van der Waals surface area contributed by atoms with E-state index >= 15 is 8.78 Å². The second kappa shape index (κ2) is 16.3. The number of carbonyl (C=O) groups is 6. The Hall–Kier alpha value is -5.68. The Kier molecular flexibility index (Phi) is 12.4. The molecule has 2 saturated heterocycles. The topological polar surface area (TPSA) is 194 Å². The first-order valence-corrected chi connectivity index (χ1v) is 16.7. The molecule has 2 aliphatic heterocycles. The summed E-state index contributed by atoms with van der Waals surface area (Å²) in [5, 5.41) is 9.96. The molecule has 0 bridgehead atoms. The molecule has 6 amide bonds. The number of hydrogen-bond donors (Lipinski definition) is 4. The van der Waals surface area contributed by atoms with Crippen molar-refractivity contribution in [2.45, 2.75) is 77.9 Å². The predicted octanol–water partition coefficient (Wildman–Crippen LogP) is 3.95. The summed E-state index contributed by atoms with van der Waals surface area (Å²) in [6, 6.07) is 6.27. The molecule has 0 aromatic heterocycles. The van der Waals surface area contributed by atoms with E-state index in [1.165, 1.54) is 36.1 Å². The predicted molar refractivity (Wildman–Crippen MR) is 186 cm³/mol. The molecule has 0 saturated carbocycles. The molecular weight excluding hydrogens is 702 g/mol. The van der Waals surface area contributed by atoms with Gasteiger partial charge in [-0.25, -0.2) is 28.0 Å². The fraction of sp³-hybridized carbons (Fsp3) is 0.486. The summed E-state index contributed by atoms with van der Waals surface area (Å²) in [5.41, 5.74) is -1.59. The van der Waals surface area contributed by atoms with E-state index in [-0.39, 0.29) is 61.1 Å². The number of anilines is 2. The minimum absolute atomic E-state index is 0.0758. The Balaban J connectivity index is 1.38. The molecule has 4 rings (SSSR count). The molecule has 18 heteroatoms. The highest BCUT2D eigenvalue weighted by Crippen LogP contribution is 2.33. The number of amides is 6. The lowest BCUT2D eigenvalue weighted by Gasteiger charge is -2.24. The summed E-state index contributed by atoms with van der Waals surface area (Å²) in [6.45, 7) is 10.8. The highest BCUT2D eigenvalue weighted by molar-refractivity contribution is 5.92. The van der Waals surface area contributed by atoms with E-state index in [1.54, 1.807) is 41.5 Å². The molecule has 2 aromatic rings. The second-order valence-electron chi connectivity index (χ2n) is 14.3. The fourth-order valence-electron chi connectivity index (χ4n) is 5.21. The number of cyclic esters (lactones) is 2. The molecule has 288 valence electrons. The number of hydrogen-bond acceptors (Lipinski definition) is 10. The lowest BCUT2D eigenvalue weighted by Crippen LogP contribution is -2.54. The van der Waals surface area contributed by atoms with Crippen LogP contribution in [-0.4, -0.2) is 98.4 Å². The molecule has 0 radical (unpaired) electrons. The van der Waals surface area contributed by atoms with Gasteiger partial charge in [0.05, 0.1) is 44.1 Å². The summed E-state index contributed by atoms with van der Waals surface area (Å²) in [7, 11) is 0. The highest BCUT2D eigenvalue weighted by atomic mass is 19.1. The van der Waals surface area contributed by atoms with Gasteiger partial charge in [0.25, 0.3) is 0 Å².